The predicted octanol–water partition coefficient (Wildman–Crippen LogP) is 2.34. The molecule has 7 heteroatoms. The topological polar surface area (TPSA) is 122 Å². The van der Waals surface area contributed by atoms with E-state index in [1.807, 2.05) is 44.2 Å². The molecule has 0 bridgehead atoms. The van der Waals surface area contributed by atoms with Gasteiger partial charge in [0.1, 0.15) is 5.75 Å². The summed E-state index contributed by atoms with van der Waals surface area (Å²) in [4.78, 5) is 36.8. The van der Waals surface area contributed by atoms with Gasteiger partial charge in [-0.2, -0.15) is 0 Å². The number of phenols is 1. The van der Waals surface area contributed by atoms with E-state index in [9.17, 15) is 19.5 Å². The number of benzene rings is 2. The molecule has 0 spiro atoms. The highest BCUT2D eigenvalue weighted by Crippen LogP contribution is 2.22. The number of hydrogen-bond acceptors (Lipinski definition) is 5. The maximum Gasteiger partial charge on any atom is 0.223 e. The van der Waals surface area contributed by atoms with E-state index in [1.54, 1.807) is 19.1 Å². The number of ketones is 1. The predicted molar refractivity (Wildman–Crippen MR) is 129 cm³/mol. The Morgan fingerprint density at radius 2 is 1.64 bits per heavy atom. The first-order valence-corrected chi connectivity index (χ1v) is 11.2. The number of carbonyl (C=O) groups is 3. The maximum absolute atomic E-state index is 12.7. The van der Waals surface area contributed by atoms with Crippen LogP contribution in [0.1, 0.15) is 42.5 Å². The molecule has 0 unspecified atom stereocenters. The van der Waals surface area contributed by atoms with Crippen LogP contribution >= 0.6 is 0 Å². The quantitative estimate of drug-likeness (QED) is 0.416. The lowest BCUT2D eigenvalue weighted by Crippen LogP contribution is -2.46. The molecule has 0 aliphatic heterocycles. The molecule has 0 saturated heterocycles. The summed E-state index contributed by atoms with van der Waals surface area (Å²) >= 11 is 0. The zero-order valence-corrected chi connectivity index (χ0v) is 19.9. The zero-order chi connectivity index (χ0) is 24.5. The lowest BCUT2D eigenvalue weighted by Gasteiger charge is -2.21. The number of nitrogens with one attached hydrogen (secondary N) is 2. The van der Waals surface area contributed by atoms with Crippen molar-refractivity contribution in [3.8, 4) is 5.75 Å². The highest BCUT2D eigenvalue weighted by atomic mass is 16.3. The number of aryl methyl sites for hydroxylation is 2. The fraction of sp³-hybridized carbons (Fsp3) is 0.423. The van der Waals surface area contributed by atoms with E-state index in [0.717, 1.165) is 22.3 Å². The van der Waals surface area contributed by atoms with Crippen LogP contribution in [0.5, 0.6) is 5.75 Å². The van der Waals surface area contributed by atoms with Crippen molar-refractivity contribution in [2.24, 2.45) is 11.7 Å². The third-order valence-corrected chi connectivity index (χ3v) is 5.73. The highest BCUT2D eigenvalue weighted by Gasteiger charge is 2.23. The van der Waals surface area contributed by atoms with Crippen LogP contribution in [0.3, 0.4) is 0 Å². The summed E-state index contributed by atoms with van der Waals surface area (Å²) in [6.07, 6.45) is 0.976. The summed E-state index contributed by atoms with van der Waals surface area (Å²) in [6.45, 7) is 7.15. The molecule has 2 aromatic rings. The van der Waals surface area contributed by atoms with Gasteiger partial charge in [-0.3, -0.25) is 14.4 Å². The Morgan fingerprint density at radius 3 is 2.21 bits per heavy atom. The van der Waals surface area contributed by atoms with Gasteiger partial charge in [0.05, 0.1) is 12.1 Å². The SMILES string of the molecule is CC(=O)N[C@H](CNC(=O)[C@@H](C)CC(=O)[C@@H](N)Cc1c(C)cc(O)cc1C)Cc1ccccc1. The largest absolute Gasteiger partial charge is 0.508 e. The lowest BCUT2D eigenvalue weighted by atomic mass is 9.91. The number of carbonyl (C=O) groups excluding carboxylic acids is 3. The fourth-order valence-corrected chi connectivity index (χ4v) is 3.93. The van der Waals surface area contributed by atoms with Crippen molar-refractivity contribution in [1.29, 1.82) is 0 Å². The van der Waals surface area contributed by atoms with Crippen molar-refractivity contribution in [1.82, 2.24) is 10.6 Å². The van der Waals surface area contributed by atoms with Crippen molar-refractivity contribution >= 4 is 17.6 Å². The van der Waals surface area contributed by atoms with Crippen LogP contribution in [0.2, 0.25) is 0 Å². The Morgan fingerprint density at radius 1 is 1.03 bits per heavy atom. The minimum atomic E-state index is -0.729. The molecule has 2 aromatic carbocycles. The molecule has 2 rings (SSSR count). The molecule has 33 heavy (non-hydrogen) atoms. The number of rotatable bonds is 11. The summed E-state index contributed by atoms with van der Waals surface area (Å²) in [5.74, 6) is -0.966. The summed E-state index contributed by atoms with van der Waals surface area (Å²) in [5.41, 5.74) is 9.89. The first-order valence-electron chi connectivity index (χ1n) is 11.2. The van der Waals surface area contributed by atoms with Gasteiger partial charge in [-0.25, -0.2) is 0 Å². The molecule has 0 aliphatic rings. The van der Waals surface area contributed by atoms with Crippen molar-refractivity contribution in [2.75, 3.05) is 6.54 Å². The average Bonchev–Trinajstić information content (AvgIpc) is 2.74. The molecule has 178 valence electrons. The van der Waals surface area contributed by atoms with Crippen LogP contribution in [0.15, 0.2) is 42.5 Å². The van der Waals surface area contributed by atoms with Crippen LogP contribution in [0.4, 0.5) is 0 Å². The van der Waals surface area contributed by atoms with Crippen molar-refractivity contribution in [3.63, 3.8) is 0 Å². The molecule has 5 N–H and O–H groups in total. The van der Waals surface area contributed by atoms with Crippen molar-refractivity contribution in [2.45, 2.75) is 59.0 Å². The van der Waals surface area contributed by atoms with E-state index in [1.165, 1.54) is 6.92 Å². The second-order valence-corrected chi connectivity index (χ2v) is 8.77. The molecule has 0 heterocycles. The van der Waals surface area contributed by atoms with Gasteiger partial charge in [0, 0.05) is 25.8 Å². The second-order valence-electron chi connectivity index (χ2n) is 8.77. The fourth-order valence-electron chi connectivity index (χ4n) is 3.93. The summed E-state index contributed by atoms with van der Waals surface area (Å²) in [5, 5.41) is 15.4. The van der Waals surface area contributed by atoms with E-state index in [-0.39, 0.29) is 42.4 Å². The third-order valence-electron chi connectivity index (χ3n) is 5.73. The first kappa shape index (κ1) is 26.1. The van der Waals surface area contributed by atoms with Gasteiger partial charge in [0.2, 0.25) is 11.8 Å². The molecular formula is C26H35N3O4. The first-order chi connectivity index (χ1) is 15.6. The maximum atomic E-state index is 12.7. The van der Waals surface area contributed by atoms with E-state index in [0.29, 0.717) is 12.8 Å². The van der Waals surface area contributed by atoms with Gasteiger partial charge in [-0.15, -0.1) is 0 Å². The number of phenolic OH excluding ortho intramolecular Hbond substituents is 1. The summed E-state index contributed by atoms with van der Waals surface area (Å²) < 4.78 is 0. The van der Waals surface area contributed by atoms with Gasteiger partial charge in [-0.1, -0.05) is 37.3 Å². The minimum Gasteiger partial charge on any atom is -0.508 e. The molecule has 0 saturated carbocycles. The van der Waals surface area contributed by atoms with Gasteiger partial charge in [0.25, 0.3) is 0 Å². The van der Waals surface area contributed by atoms with Crippen molar-refractivity contribution < 1.29 is 19.5 Å². The van der Waals surface area contributed by atoms with Gasteiger partial charge in [-0.05, 0) is 61.1 Å². The molecule has 2 amide bonds. The lowest BCUT2D eigenvalue weighted by molar-refractivity contribution is -0.129. The minimum absolute atomic E-state index is 0.0344. The van der Waals surface area contributed by atoms with E-state index < -0.39 is 12.0 Å². The van der Waals surface area contributed by atoms with Gasteiger partial charge in [0.15, 0.2) is 5.78 Å². The second kappa shape index (κ2) is 12.2. The Labute approximate surface area is 195 Å². The van der Waals surface area contributed by atoms with Gasteiger partial charge >= 0.3 is 0 Å². The van der Waals surface area contributed by atoms with Crippen LogP contribution in [-0.2, 0) is 27.2 Å². The molecule has 3 atom stereocenters. The Kier molecular flexibility index (Phi) is 9.60. The zero-order valence-electron chi connectivity index (χ0n) is 19.9. The number of amides is 2. The van der Waals surface area contributed by atoms with Crippen LogP contribution in [0.25, 0.3) is 0 Å². The molecule has 0 radical (unpaired) electrons. The molecule has 0 fully saturated rings. The molecule has 0 aliphatic carbocycles. The van der Waals surface area contributed by atoms with Crippen molar-refractivity contribution in [3.05, 3.63) is 64.7 Å². The Hall–Kier alpha value is -3.19. The summed E-state index contributed by atoms with van der Waals surface area (Å²) in [6, 6.07) is 12.0. The number of Topliss-reactive ketones (excluding diaryl/α,β-unsaturated/α-hetero) is 1. The standard InChI is InChI=1S/C26H35N3O4/c1-16-10-22(31)11-17(2)23(16)14-24(27)25(32)12-18(3)26(33)28-15-21(29-19(4)30)13-20-8-6-5-7-9-20/h5-11,18,21,24,31H,12-15,27H2,1-4H3,(H,28,33)(H,29,30)/t18-,21-,24-/m0/s1. The Balaban J connectivity index is 1.90. The Bertz CT molecular complexity index is 952. The van der Waals surface area contributed by atoms with Crippen LogP contribution in [-0.4, -0.2) is 41.3 Å². The molecule has 7 nitrogen and oxygen atoms in total. The smallest absolute Gasteiger partial charge is 0.223 e. The number of hydrogen-bond donors (Lipinski definition) is 4. The normalized spacial score (nSPS) is 13.6. The highest BCUT2D eigenvalue weighted by molar-refractivity contribution is 5.89. The number of aromatic hydroxyl groups is 1. The number of nitrogens with two attached hydrogens (primary N) is 1. The monoisotopic (exact) mass is 453 g/mol. The van der Waals surface area contributed by atoms with Crippen LogP contribution in [0, 0.1) is 19.8 Å². The van der Waals surface area contributed by atoms with E-state index >= 15 is 0 Å². The van der Waals surface area contributed by atoms with Crippen LogP contribution < -0.4 is 16.4 Å². The molecular weight excluding hydrogens is 418 g/mol. The van der Waals surface area contributed by atoms with E-state index in [2.05, 4.69) is 10.6 Å². The third kappa shape index (κ3) is 8.35. The molecule has 0 aromatic heterocycles. The van der Waals surface area contributed by atoms with E-state index in [4.69, 9.17) is 5.73 Å². The average molecular weight is 454 g/mol. The van der Waals surface area contributed by atoms with Gasteiger partial charge < -0.3 is 21.5 Å². The summed E-state index contributed by atoms with van der Waals surface area (Å²) in [7, 11) is 0.